The maximum atomic E-state index is 14.1. The Kier molecular flexibility index (Phi) is 6.64. The molecule has 1 aliphatic rings. The van der Waals surface area contributed by atoms with Gasteiger partial charge in [-0.25, -0.2) is 4.39 Å². The van der Waals surface area contributed by atoms with Gasteiger partial charge in [0.15, 0.2) is 5.60 Å². The van der Waals surface area contributed by atoms with Crippen molar-refractivity contribution in [1.29, 1.82) is 0 Å². The van der Waals surface area contributed by atoms with E-state index in [0.29, 0.717) is 30.7 Å². The predicted octanol–water partition coefficient (Wildman–Crippen LogP) is 2.71. The summed E-state index contributed by atoms with van der Waals surface area (Å²) in [6.45, 7) is 8.06. The molecule has 2 N–H and O–H groups in total. The molecule has 1 amide bonds. The van der Waals surface area contributed by atoms with Crippen LogP contribution in [0.4, 0.5) is 4.39 Å². The molecule has 1 fully saturated rings. The van der Waals surface area contributed by atoms with Gasteiger partial charge in [0.05, 0.1) is 7.11 Å². The van der Waals surface area contributed by atoms with Gasteiger partial charge < -0.3 is 20.1 Å². The highest BCUT2D eigenvalue weighted by Crippen LogP contribution is 2.26. The molecule has 5 nitrogen and oxygen atoms in total. The third kappa shape index (κ3) is 5.42. The van der Waals surface area contributed by atoms with E-state index in [0.717, 1.165) is 13.0 Å². The molecule has 1 aromatic carbocycles. The van der Waals surface area contributed by atoms with Crippen LogP contribution in [0.5, 0.6) is 5.75 Å². The summed E-state index contributed by atoms with van der Waals surface area (Å²) in [7, 11) is 1.52. The molecular weight excluding hydrogens is 335 g/mol. The van der Waals surface area contributed by atoms with E-state index in [1.54, 1.807) is 12.1 Å². The van der Waals surface area contributed by atoms with Crippen LogP contribution < -0.4 is 10.1 Å². The minimum atomic E-state index is -1.43. The minimum absolute atomic E-state index is 0.131. The molecule has 1 saturated heterocycles. The van der Waals surface area contributed by atoms with Crippen molar-refractivity contribution in [3.8, 4) is 5.75 Å². The zero-order valence-electron chi connectivity index (χ0n) is 16.3. The Labute approximate surface area is 155 Å². The van der Waals surface area contributed by atoms with Gasteiger partial charge in [-0.05, 0) is 49.4 Å². The van der Waals surface area contributed by atoms with Crippen LogP contribution in [0.25, 0.3) is 0 Å². The molecule has 26 heavy (non-hydrogen) atoms. The number of likely N-dealkylation sites (tertiary alicyclic amines) is 1. The summed E-state index contributed by atoms with van der Waals surface area (Å²) >= 11 is 0. The average molecular weight is 366 g/mol. The van der Waals surface area contributed by atoms with Crippen molar-refractivity contribution >= 4 is 5.91 Å². The first-order valence-electron chi connectivity index (χ1n) is 9.19. The lowest BCUT2D eigenvalue weighted by Crippen LogP contribution is -2.57. The van der Waals surface area contributed by atoms with Crippen molar-refractivity contribution in [2.75, 3.05) is 26.7 Å². The SMILES string of the molecule is COc1ccc(F)c(CN2CCCC(O)(CNCCC(C)(C)C)C2=O)c1. The first-order valence-corrected chi connectivity index (χ1v) is 9.19. The van der Waals surface area contributed by atoms with E-state index in [1.165, 1.54) is 18.1 Å². The standard InChI is InChI=1S/C20H31FN2O3/c1-19(2,3)9-10-22-14-20(25)8-5-11-23(18(20)24)13-15-12-16(26-4)6-7-17(15)21/h6-7,12,22,25H,5,8-11,13-14H2,1-4H3. The smallest absolute Gasteiger partial charge is 0.256 e. The lowest BCUT2D eigenvalue weighted by Gasteiger charge is -2.38. The fourth-order valence-corrected chi connectivity index (χ4v) is 3.14. The number of piperidine rings is 1. The van der Waals surface area contributed by atoms with Crippen LogP contribution in [0.3, 0.4) is 0 Å². The third-order valence-corrected chi connectivity index (χ3v) is 4.79. The zero-order chi connectivity index (χ0) is 19.4. The van der Waals surface area contributed by atoms with E-state index in [4.69, 9.17) is 4.74 Å². The Balaban J connectivity index is 2.00. The van der Waals surface area contributed by atoms with Crippen molar-refractivity contribution in [2.24, 2.45) is 5.41 Å². The number of hydrogen-bond acceptors (Lipinski definition) is 4. The Hall–Kier alpha value is -1.66. The molecule has 1 atom stereocenters. The Morgan fingerprint density at radius 2 is 2.12 bits per heavy atom. The molecule has 0 aliphatic carbocycles. The molecule has 0 spiro atoms. The number of rotatable bonds is 7. The quantitative estimate of drug-likeness (QED) is 0.729. The number of carbonyl (C=O) groups excluding carboxylic acids is 1. The van der Waals surface area contributed by atoms with Gasteiger partial charge in [0.1, 0.15) is 11.6 Å². The molecule has 1 aromatic rings. The van der Waals surface area contributed by atoms with Gasteiger partial charge in [-0.1, -0.05) is 20.8 Å². The summed E-state index contributed by atoms with van der Waals surface area (Å²) < 4.78 is 19.2. The molecule has 0 bridgehead atoms. The minimum Gasteiger partial charge on any atom is -0.497 e. The highest BCUT2D eigenvalue weighted by Gasteiger charge is 2.41. The Bertz CT molecular complexity index is 630. The summed E-state index contributed by atoms with van der Waals surface area (Å²) in [5.74, 6) is -0.171. The van der Waals surface area contributed by atoms with Gasteiger partial charge >= 0.3 is 0 Å². The molecule has 1 heterocycles. The van der Waals surface area contributed by atoms with Gasteiger partial charge in [-0.3, -0.25) is 4.79 Å². The van der Waals surface area contributed by atoms with Crippen LogP contribution in [-0.2, 0) is 11.3 Å². The lowest BCUT2D eigenvalue weighted by molar-refractivity contribution is -0.157. The van der Waals surface area contributed by atoms with Crippen molar-refractivity contribution in [3.05, 3.63) is 29.6 Å². The van der Waals surface area contributed by atoms with E-state index in [9.17, 15) is 14.3 Å². The van der Waals surface area contributed by atoms with E-state index >= 15 is 0 Å². The highest BCUT2D eigenvalue weighted by atomic mass is 19.1. The lowest BCUT2D eigenvalue weighted by atomic mass is 9.90. The molecule has 0 saturated carbocycles. The van der Waals surface area contributed by atoms with Crippen molar-refractivity contribution in [1.82, 2.24) is 10.2 Å². The second-order valence-electron chi connectivity index (χ2n) is 8.31. The Morgan fingerprint density at radius 3 is 2.77 bits per heavy atom. The maximum Gasteiger partial charge on any atom is 0.256 e. The van der Waals surface area contributed by atoms with Gasteiger partial charge in [-0.2, -0.15) is 0 Å². The second kappa shape index (κ2) is 8.35. The maximum absolute atomic E-state index is 14.1. The number of hydrogen-bond donors (Lipinski definition) is 2. The monoisotopic (exact) mass is 366 g/mol. The first kappa shape index (κ1) is 20.6. The summed E-state index contributed by atoms with van der Waals surface area (Å²) in [6.07, 6.45) is 2.07. The van der Waals surface area contributed by atoms with E-state index in [2.05, 4.69) is 26.1 Å². The number of nitrogens with zero attached hydrogens (tertiary/aromatic N) is 1. The molecular formula is C20H31FN2O3. The van der Waals surface area contributed by atoms with Gasteiger partial charge in [0, 0.05) is 25.2 Å². The number of carbonyl (C=O) groups is 1. The molecule has 1 unspecified atom stereocenters. The van der Waals surface area contributed by atoms with E-state index in [-0.39, 0.29) is 30.2 Å². The van der Waals surface area contributed by atoms with Crippen molar-refractivity contribution in [2.45, 2.75) is 52.2 Å². The number of aliphatic hydroxyl groups is 1. The molecule has 146 valence electrons. The number of halogens is 1. The molecule has 0 aromatic heterocycles. The van der Waals surface area contributed by atoms with Crippen molar-refractivity contribution < 1.29 is 19.0 Å². The summed E-state index contributed by atoms with van der Waals surface area (Å²) in [5.41, 5.74) is -0.837. The van der Waals surface area contributed by atoms with Crippen LogP contribution in [0.2, 0.25) is 0 Å². The number of nitrogens with one attached hydrogen (secondary N) is 1. The zero-order valence-corrected chi connectivity index (χ0v) is 16.3. The number of methoxy groups -OCH3 is 1. The summed E-state index contributed by atoms with van der Waals surface area (Å²) in [4.78, 5) is 14.3. The second-order valence-corrected chi connectivity index (χ2v) is 8.31. The normalized spacial score (nSPS) is 21.2. The predicted molar refractivity (Wildman–Crippen MR) is 99.5 cm³/mol. The Morgan fingerprint density at radius 1 is 1.38 bits per heavy atom. The topological polar surface area (TPSA) is 61.8 Å². The first-order chi connectivity index (χ1) is 12.1. The number of ether oxygens (including phenoxy) is 1. The van der Waals surface area contributed by atoms with Gasteiger partial charge in [0.2, 0.25) is 0 Å². The van der Waals surface area contributed by atoms with Crippen LogP contribution in [0.15, 0.2) is 18.2 Å². The van der Waals surface area contributed by atoms with Crippen molar-refractivity contribution in [3.63, 3.8) is 0 Å². The molecule has 1 aliphatic heterocycles. The number of amides is 1. The fourth-order valence-electron chi connectivity index (χ4n) is 3.14. The fraction of sp³-hybridized carbons (Fsp3) is 0.650. The van der Waals surface area contributed by atoms with Gasteiger partial charge in [-0.15, -0.1) is 0 Å². The van der Waals surface area contributed by atoms with Gasteiger partial charge in [0.25, 0.3) is 5.91 Å². The summed E-state index contributed by atoms with van der Waals surface area (Å²) in [5, 5.41) is 14.0. The molecule has 6 heteroatoms. The highest BCUT2D eigenvalue weighted by molar-refractivity contribution is 5.86. The third-order valence-electron chi connectivity index (χ3n) is 4.79. The largest absolute Gasteiger partial charge is 0.497 e. The van der Waals surface area contributed by atoms with E-state index in [1.807, 2.05) is 0 Å². The molecule has 0 radical (unpaired) electrons. The van der Waals surface area contributed by atoms with Crippen LogP contribution in [0, 0.1) is 11.2 Å². The van der Waals surface area contributed by atoms with Crippen LogP contribution in [-0.4, -0.2) is 48.3 Å². The van der Waals surface area contributed by atoms with Crippen LogP contribution in [0.1, 0.15) is 45.6 Å². The van der Waals surface area contributed by atoms with Crippen LogP contribution >= 0.6 is 0 Å². The average Bonchev–Trinajstić information content (AvgIpc) is 2.57. The summed E-state index contributed by atoms with van der Waals surface area (Å²) in [6, 6.07) is 4.48. The van der Waals surface area contributed by atoms with E-state index < -0.39 is 5.60 Å². The molecule has 2 rings (SSSR count). The number of benzene rings is 1.